The molecule has 0 saturated carbocycles. The second-order valence-corrected chi connectivity index (χ2v) is 7.38. The molecule has 4 rings (SSSR count). The lowest BCUT2D eigenvalue weighted by molar-refractivity contribution is -0.137. The Morgan fingerprint density at radius 3 is 2.49 bits per heavy atom. The first-order valence-corrected chi connectivity index (χ1v) is 10.0. The summed E-state index contributed by atoms with van der Waals surface area (Å²) in [5, 5.41) is 25.7. The standard InChI is InChI=1S/C17H12F4N2.C8H6N2O2/c18-15-8-13(17(19,20)21)5-4-12(15)10-23-7-6-14-11(9-22)2-1-3-16(14)23;9-4-6-3-5(8(10)12)1-2-7(6)11/h1-9,22H,10H2;1-3,11H,(H2,10,12). The van der Waals surface area contributed by atoms with Crippen molar-refractivity contribution >= 4 is 23.0 Å². The van der Waals surface area contributed by atoms with Crippen molar-refractivity contribution in [1.29, 1.82) is 10.7 Å². The number of carbonyl (C=O) groups is 1. The normalized spacial score (nSPS) is 10.8. The van der Waals surface area contributed by atoms with Crippen molar-refractivity contribution in [1.82, 2.24) is 4.57 Å². The van der Waals surface area contributed by atoms with Crippen LogP contribution in [-0.4, -0.2) is 21.8 Å². The summed E-state index contributed by atoms with van der Waals surface area (Å²) in [4.78, 5) is 10.6. The highest BCUT2D eigenvalue weighted by atomic mass is 19.4. The number of aromatic nitrogens is 1. The third-order valence-corrected chi connectivity index (χ3v) is 5.13. The molecule has 178 valence electrons. The van der Waals surface area contributed by atoms with Gasteiger partial charge in [-0.05, 0) is 42.5 Å². The lowest BCUT2D eigenvalue weighted by Crippen LogP contribution is -2.10. The van der Waals surface area contributed by atoms with Gasteiger partial charge in [-0.1, -0.05) is 18.2 Å². The number of alkyl halides is 3. The summed E-state index contributed by atoms with van der Waals surface area (Å²) in [5.41, 5.74) is 5.92. The lowest BCUT2D eigenvalue weighted by atomic mass is 10.1. The van der Waals surface area contributed by atoms with E-state index in [0.29, 0.717) is 6.07 Å². The first-order chi connectivity index (χ1) is 16.5. The number of primary amides is 1. The van der Waals surface area contributed by atoms with Crippen LogP contribution in [0.5, 0.6) is 5.75 Å². The van der Waals surface area contributed by atoms with Crippen molar-refractivity contribution in [3.63, 3.8) is 0 Å². The van der Waals surface area contributed by atoms with E-state index in [0.717, 1.165) is 28.6 Å². The number of halogens is 4. The topological polar surface area (TPSA) is 116 Å². The molecule has 1 amide bonds. The zero-order valence-corrected chi connectivity index (χ0v) is 18.0. The molecule has 0 aliphatic carbocycles. The smallest absolute Gasteiger partial charge is 0.416 e. The minimum absolute atomic E-state index is 0.0475. The van der Waals surface area contributed by atoms with E-state index in [4.69, 9.17) is 21.5 Å². The van der Waals surface area contributed by atoms with Crippen LogP contribution in [-0.2, 0) is 12.7 Å². The zero-order chi connectivity index (χ0) is 25.8. The summed E-state index contributed by atoms with van der Waals surface area (Å²) < 4.78 is 53.4. The number of benzene rings is 3. The fourth-order valence-corrected chi connectivity index (χ4v) is 3.33. The van der Waals surface area contributed by atoms with Crippen molar-refractivity contribution in [3.05, 3.63) is 100 Å². The number of nitrogens with one attached hydrogen (secondary N) is 1. The number of nitrogens with zero attached hydrogens (tertiary/aromatic N) is 2. The molecule has 10 heteroatoms. The summed E-state index contributed by atoms with van der Waals surface area (Å²) >= 11 is 0. The van der Waals surface area contributed by atoms with Gasteiger partial charge in [0.25, 0.3) is 0 Å². The Morgan fingerprint density at radius 2 is 1.89 bits per heavy atom. The summed E-state index contributed by atoms with van der Waals surface area (Å²) in [6, 6.07) is 15.4. The largest absolute Gasteiger partial charge is 0.507 e. The van der Waals surface area contributed by atoms with Gasteiger partial charge in [-0.15, -0.1) is 0 Å². The Morgan fingerprint density at radius 1 is 1.14 bits per heavy atom. The second kappa shape index (κ2) is 10.1. The molecule has 35 heavy (non-hydrogen) atoms. The molecule has 4 N–H and O–H groups in total. The number of rotatable bonds is 4. The predicted molar refractivity (Wildman–Crippen MR) is 122 cm³/mol. The SMILES string of the molecule is N#Cc1cc(C(N)=O)ccc1O.N=Cc1cccc2c1ccn2Cc1ccc(C(F)(F)F)cc1F. The number of hydrogen-bond acceptors (Lipinski definition) is 4. The summed E-state index contributed by atoms with van der Waals surface area (Å²) in [6.45, 7) is 0.120. The number of aromatic hydroxyl groups is 1. The maximum atomic E-state index is 14.0. The van der Waals surface area contributed by atoms with Crippen LogP contribution in [0.15, 0.2) is 66.9 Å². The first-order valence-electron chi connectivity index (χ1n) is 10.0. The molecule has 1 heterocycles. The van der Waals surface area contributed by atoms with Gasteiger partial charge >= 0.3 is 6.18 Å². The van der Waals surface area contributed by atoms with Crippen LogP contribution < -0.4 is 5.73 Å². The third-order valence-electron chi connectivity index (χ3n) is 5.13. The van der Waals surface area contributed by atoms with Crippen LogP contribution in [0.1, 0.15) is 32.6 Å². The number of nitrogens with two attached hydrogens (primary N) is 1. The van der Waals surface area contributed by atoms with E-state index in [1.54, 1.807) is 35.0 Å². The Labute approximate surface area is 197 Å². The molecular formula is C25H18F4N4O2. The van der Waals surface area contributed by atoms with Crippen LogP contribution in [0.25, 0.3) is 10.9 Å². The Balaban J connectivity index is 0.000000241. The number of hydrogen-bond donors (Lipinski definition) is 3. The molecule has 0 atom stereocenters. The summed E-state index contributed by atoms with van der Waals surface area (Å²) in [7, 11) is 0. The van der Waals surface area contributed by atoms with Gasteiger partial charge in [-0.25, -0.2) is 4.39 Å². The molecule has 0 spiro atoms. The van der Waals surface area contributed by atoms with Crippen molar-refractivity contribution in [2.24, 2.45) is 5.73 Å². The van der Waals surface area contributed by atoms with Crippen molar-refractivity contribution in [2.75, 3.05) is 0 Å². The van der Waals surface area contributed by atoms with E-state index >= 15 is 0 Å². The number of phenolic OH excluding ortho intramolecular Hbond substituents is 1. The van der Waals surface area contributed by atoms with Gasteiger partial charge in [0.2, 0.25) is 5.91 Å². The highest BCUT2D eigenvalue weighted by molar-refractivity contribution is 5.98. The molecule has 6 nitrogen and oxygen atoms in total. The van der Waals surface area contributed by atoms with Crippen molar-refractivity contribution in [2.45, 2.75) is 12.7 Å². The third kappa shape index (κ3) is 5.65. The highest BCUT2D eigenvalue weighted by Gasteiger charge is 2.31. The molecule has 0 bridgehead atoms. The van der Waals surface area contributed by atoms with E-state index in [9.17, 15) is 22.4 Å². The zero-order valence-electron chi connectivity index (χ0n) is 18.0. The minimum atomic E-state index is -4.56. The lowest BCUT2D eigenvalue weighted by Gasteiger charge is -2.11. The van der Waals surface area contributed by atoms with Gasteiger partial charge in [0.05, 0.1) is 17.7 Å². The number of nitriles is 1. The van der Waals surface area contributed by atoms with Crippen LogP contribution in [0.3, 0.4) is 0 Å². The molecular weight excluding hydrogens is 464 g/mol. The number of carbonyl (C=O) groups excluding carboxylic acids is 1. The fraction of sp³-hybridized carbons (Fsp3) is 0.0800. The number of amides is 1. The van der Waals surface area contributed by atoms with Crippen molar-refractivity contribution in [3.8, 4) is 11.8 Å². The van der Waals surface area contributed by atoms with Crippen LogP contribution in [0.4, 0.5) is 17.6 Å². The molecule has 4 aromatic rings. The molecule has 0 fully saturated rings. The van der Waals surface area contributed by atoms with Gasteiger partial charge in [0.15, 0.2) is 0 Å². The van der Waals surface area contributed by atoms with E-state index in [1.807, 2.05) is 6.07 Å². The second-order valence-electron chi connectivity index (χ2n) is 7.38. The molecule has 3 aromatic carbocycles. The van der Waals surface area contributed by atoms with Gasteiger partial charge in [0.1, 0.15) is 17.6 Å². The fourth-order valence-electron chi connectivity index (χ4n) is 3.33. The Kier molecular flexibility index (Phi) is 7.20. The van der Waals surface area contributed by atoms with E-state index in [1.165, 1.54) is 24.4 Å². The molecule has 0 aliphatic heterocycles. The highest BCUT2D eigenvalue weighted by Crippen LogP contribution is 2.30. The average Bonchev–Trinajstić information content (AvgIpc) is 3.23. The van der Waals surface area contributed by atoms with Crippen LogP contribution in [0, 0.1) is 22.6 Å². The summed E-state index contributed by atoms with van der Waals surface area (Å²) in [5.74, 6) is -1.65. The average molecular weight is 482 g/mol. The van der Waals surface area contributed by atoms with Gasteiger partial charge in [0, 0.05) is 40.0 Å². The maximum absolute atomic E-state index is 14.0. The number of phenols is 1. The molecule has 0 unspecified atom stereocenters. The maximum Gasteiger partial charge on any atom is 0.416 e. The van der Waals surface area contributed by atoms with E-state index < -0.39 is 23.5 Å². The molecule has 1 aromatic heterocycles. The van der Waals surface area contributed by atoms with Crippen LogP contribution >= 0.6 is 0 Å². The Hall–Kier alpha value is -4.65. The molecule has 0 saturated heterocycles. The molecule has 0 aliphatic rings. The quantitative estimate of drug-likeness (QED) is 0.274. The van der Waals surface area contributed by atoms with Crippen LogP contribution in [0.2, 0.25) is 0 Å². The first kappa shape index (κ1) is 25.0. The summed E-state index contributed by atoms with van der Waals surface area (Å²) in [6.07, 6.45) is -1.60. The van der Waals surface area contributed by atoms with Crippen molar-refractivity contribution < 1.29 is 27.5 Å². The van der Waals surface area contributed by atoms with Gasteiger partial charge in [-0.2, -0.15) is 18.4 Å². The monoisotopic (exact) mass is 482 g/mol. The van der Waals surface area contributed by atoms with Gasteiger partial charge in [-0.3, -0.25) is 4.79 Å². The Bertz CT molecular complexity index is 1450. The number of fused-ring (bicyclic) bond motifs is 1. The van der Waals surface area contributed by atoms with Gasteiger partial charge < -0.3 is 20.8 Å². The van der Waals surface area contributed by atoms with E-state index in [-0.39, 0.29) is 29.0 Å². The molecule has 0 radical (unpaired) electrons. The minimum Gasteiger partial charge on any atom is -0.507 e. The van der Waals surface area contributed by atoms with E-state index in [2.05, 4.69) is 0 Å². The predicted octanol–water partition coefficient (Wildman–Crippen LogP) is 5.21.